The number of aliphatic imine (C=N–C) groups is 1. The topological polar surface area (TPSA) is 69.8 Å². The van der Waals surface area contributed by atoms with Gasteiger partial charge in [0.05, 0.1) is 19.4 Å². The summed E-state index contributed by atoms with van der Waals surface area (Å²) in [6.07, 6.45) is 1.48. The fraction of sp³-hybridized carbons (Fsp3) is 0.353. The summed E-state index contributed by atoms with van der Waals surface area (Å²) in [5, 5.41) is 16.4. The van der Waals surface area contributed by atoms with Crippen LogP contribution in [0.2, 0.25) is 0 Å². The molecule has 0 fully saturated rings. The highest BCUT2D eigenvalue weighted by molar-refractivity contribution is 14.0. The van der Waals surface area contributed by atoms with Crippen molar-refractivity contribution in [1.82, 2.24) is 10.6 Å². The van der Waals surface area contributed by atoms with Crippen LogP contribution >= 0.6 is 24.0 Å². The van der Waals surface area contributed by atoms with Crippen molar-refractivity contribution in [2.24, 2.45) is 4.99 Å². The Morgan fingerprint density at radius 3 is 2.68 bits per heavy atom. The van der Waals surface area contributed by atoms with Crippen LogP contribution in [0.25, 0.3) is 0 Å². The molecule has 1 unspecified atom stereocenters. The van der Waals surface area contributed by atoms with Crippen LogP contribution in [0.1, 0.15) is 25.2 Å². The zero-order chi connectivity index (χ0) is 17.6. The minimum absolute atomic E-state index is 0. The number of hydrogen-bond acceptors (Lipinski definition) is 3. The molecule has 25 heavy (non-hydrogen) atoms. The molecule has 1 aromatic carbocycles. The Morgan fingerprint density at radius 1 is 1.28 bits per heavy atom. The van der Waals surface area contributed by atoms with Gasteiger partial charge in [-0.25, -0.2) is 13.8 Å². The molecule has 2 aromatic rings. The summed E-state index contributed by atoms with van der Waals surface area (Å²) >= 11 is 0. The van der Waals surface area contributed by atoms with Gasteiger partial charge in [-0.2, -0.15) is 0 Å². The minimum atomic E-state index is -1.23. The summed E-state index contributed by atoms with van der Waals surface area (Å²) in [7, 11) is 0. The van der Waals surface area contributed by atoms with Crippen LogP contribution in [0.15, 0.2) is 46.0 Å². The van der Waals surface area contributed by atoms with E-state index in [-0.39, 0.29) is 42.6 Å². The Morgan fingerprint density at radius 2 is 2.04 bits per heavy atom. The number of aliphatic hydroxyl groups is 1. The zero-order valence-electron chi connectivity index (χ0n) is 14.1. The van der Waals surface area contributed by atoms with E-state index in [2.05, 4.69) is 15.6 Å². The molecule has 1 atom stereocenters. The molecule has 2 rings (SSSR count). The van der Waals surface area contributed by atoms with Gasteiger partial charge in [0.2, 0.25) is 0 Å². The molecule has 0 radical (unpaired) electrons. The quantitative estimate of drug-likeness (QED) is 0.349. The summed E-state index contributed by atoms with van der Waals surface area (Å²) in [6.45, 7) is 4.18. The van der Waals surface area contributed by atoms with E-state index in [1.54, 1.807) is 19.1 Å². The van der Waals surface area contributed by atoms with Gasteiger partial charge in [-0.15, -0.1) is 24.0 Å². The van der Waals surface area contributed by atoms with E-state index in [4.69, 9.17) is 4.42 Å². The van der Waals surface area contributed by atoms with Gasteiger partial charge in [0, 0.05) is 12.1 Å². The smallest absolute Gasteiger partial charge is 0.191 e. The molecular weight excluding hydrogens is 443 g/mol. The van der Waals surface area contributed by atoms with E-state index in [1.165, 1.54) is 6.26 Å². The van der Waals surface area contributed by atoms with Gasteiger partial charge in [0.15, 0.2) is 5.96 Å². The van der Waals surface area contributed by atoms with Gasteiger partial charge in [0.25, 0.3) is 0 Å². The average Bonchev–Trinajstić information content (AvgIpc) is 3.08. The number of nitrogens with one attached hydrogen (secondary N) is 2. The van der Waals surface area contributed by atoms with E-state index in [1.807, 2.05) is 6.92 Å². The second kappa shape index (κ2) is 9.71. The Bertz CT molecular complexity index is 691. The van der Waals surface area contributed by atoms with E-state index >= 15 is 0 Å². The highest BCUT2D eigenvalue weighted by Gasteiger charge is 2.26. The molecule has 5 nitrogen and oxygen atoms in total. The molecule has 0 aliphatic heterocycles. The van der Waals surface area contributed by atoms with Crippen LogP contribution in [-0.2, 0) is 12.1 Å². The predicted molar refractivity (Wildman–Crippen MR) is 103 cm³/mol. The van der Waals surface area contributed by atoms with Crippen molar-refractivity contribution in [3.05, 3.63) is 59.6 Å². The molecular formula is C17H22F2IN3O2. The molecule has 1 aromatic heterocycles. The monoisotopic (exact) mass is 465 g/mol. The van der Waals surface area contributed by atoms with E-state index < -0.39 is 17.2 Å². The van der Waals surface area contributed by atoms with Crippen LogP contribution in [0.5, 0.6) is 0 Å². The third-order valence-electron chi connectivity index (χ3n) is 3.41. The largest absolute Gasteiger partial charge is 0.466 e. The number of nitrogens with zero attached hydrogens (tertiary/aromatic N) is 1. The van der Waals surface area contributed by atoms with E-state index in [0.717, 1.165) is 18.2 Å². The number of guanidine groups is 1. The average molecular weight is 465 g/mol. The van der Waals surface area contributed by atoms with Crippen molar-refractivity contribution in [3.8, 4) is 0 Å². The number of furan rings is 1. The molecule has 8 heteroatoms. The lowest BCUT2D eigenvalue weighted by atomic mass is 10.0. The summed E-state index contributed by atoms with van der Waals surface area (Å²) in [6, 6.07) is 6.61. The van der Waals surface area contributed by atoms with Crippen LogP contribution in [0, 0.1) is 11.6 Å². The van der Waals surface area contributed by atoms with Gasteiger partial charge in [-0.3, -0.25) is 0 Å². The Hall–Kier alpha value is -1.68. The van der Waals surface area contributed by atoms with Gasteiger partial charge in [0.1, 0.15) is 23.0 Å². The maximum atomic E-state index is 13.6. The fourth-order valence-electron chi connectivity index (χ4n) is 2.10. The van der Waals surface area contributed by atoms with Crippen molar-refractivity contribution < 1.29 is 18.3 Å². The Balaban J connectivity index is 0.00000312. The molecule has 0 bridgehead atoms. The van der Waals surface area contributed by atoms with Crippen LogP contribution in [-0.4, -0.2) is 24.2 Å². The second-order valence-corrected chi connectivity index (χ2v) is 5.54. The van der Waals surface area contributed by atoms with Crippen LogP contribution in [0.4, 0.5) is 8.78 Å². The SMILES string of the molecule is CCNC(=NCc1cc(F)ccc1F)NCC(C)(O)c1ccco1.I. The molecule has 0 aliphatic rings. The van der Waals surface area contributed by atoms with Crippen molar-refractivity contribution in [3.63, 3.8) is 0 Å². The first-order valence-corrected chi connectivity index (χ1v) is 7.65. The van der Waals surface area contributed by atoms with E-state index in [9.17, 15) is 13.9 Å². The van der Waals surface area contributed by atoms with Gasteiger partial charge in [-0.05, 0) is 44.2 Å². The summed E-state index contributed by atoms with van der Waals surface area (Å²) in [5.74, 6) is -0.228. The number of rotatable bonds is 6. The molecule has 1 heterocycles. The molecule has 0 saturated heterocycles. The lowest BCUT2D eigenvalue weighted by Gasteiger charge is -2.22. The Labute approximate surface area is 162 Å². The first-order valence-electron chi connectivity index (χ1n) is 7.65. The van der Waals surface area contributed by atoms with E-state index in [0.29, 0.717) is 18.3 Å². The van der Waals surface area contributed by atoms with Gasteiger partial charge >= 0.3 is 0 Å². The second-order valence-electron chi connectivity index (χ2n) is 5.54. The van der Waals surface area contributed by atoms with Crippen molar-refractivity contribution in [2.45, 2.75) is 26.0 Å². The normalized spacial score (nSPS) is 13.7. The maximum absolute atomic E-state index is 13.6. The third-order valence-corrected chi connectivity index (χ3v) is 3.41. The lowest BCUT2D eigenvalue weighted by Crippen LogP contribution is -2.44. The fourth-order valence-corrected chi connectivity index (χ4v) is 2.10. The molecule has 0 spiro atoms. The van der Waals surface area contributed by atoms with Crippen molar-refractivity contribution in [1.29, 1.82) is 0 Å². The number of benzene rings is 1. The molecule has 0 aliphatic carbocycles. The van der Waals surface area contributed by atoms with Gasteiger partial charge < -0.3 is 20.2 Å². The van der Waals surface area contributed by atoms with Crippen LogP contribution < -0.4 is 10.6 Å². The highest BCUT2D eigenvalue weighted by Crippen LogP contribution is 2.19. The first kappa shape index (κ1) is 21.4. The van der Waals surface area contributed by atoms with Gasteiger partial charge in [-0.1, -0.05) is 0 Å². The van der Waals surface area contributed by atoms with Crippen LogP contribution in [0.3, 0.4) is 0 Å². The predicted octanol–water partition coefficient (Wildman–Crippen LogP) is 3.14. The third kappa shape index (κ3) is 6.28. The lowest BCUT2D eigenvalue weighted by molar-refractivity contribution is 0.0386. The Kier molecular flexibility index (Phi) is 8.30. The molecule has 0 saturated carbocycles. The summed E-state index contributed by atoms with van der Waals surface area (Å²) < 4.78 is 32.0. The molecule has 138 valence electrons. The molecule has 0 amide bonds. The maximum Gasteiger partial charge on any atom is 0.191 e. The zero-order valence-corrected chi connectivity index (χ0v) is 16.4. The summed E-state index contributed by atoms with van der Waals surface area (Å²) in [5.41, 5.74) is -1.07. The van der Waals surface area contributed by atoms with Crippen molar-refractivity contribution in [2.75, 3.05) is 13.1 Å². The molecule has 3 N–H and O–H groups in total. The minimum Gasteiger partial charge on any atom is -0.466 e. The summed E-state index contributed by atoms with van der Waals surface area (Å²) in [4.78, 5) is 4.22. The number of hydrogen-bond donors (Lipinski definition) is 3. The standard InChI is InChI=1S/C17H21F2N3O2.HI/c1-3-20-16(21-10-12-9-13(18)6-7-14(12)19)22-11-17(2,23)15-5-4-8-24-15;/h4-9,23H,3,10-11H2,1-2H3,(H2,20,21,22);1H. The number of halogens is 3. The highest BCUT2D eigenvalue weighted by atomic mass is 127. The first-order chi connectivity index (χ1) is 11.4. The van der Waals surface area contributed by atoms with Crippen molar-refractivity contribution >= 4 is 29.9 Å².